The summed E-state index contributed by atoms with van der Waals surface area (Å²) in [4.78, 5) is 15.6. The molecule has 21 heavy (non-hydrogen) atoms. The zero-order valence-electron chi connectivity index (χ0n) is 12.2. The van der Waals surface area contributed by atoms with Crippen molar-refractivity contribution >= 4 is 17.7 Å². The Morgan fingerprint density at radius 2 is 2.00 bits per heavy atom. The molecule has 3 nitrogen and oxygen atoms in total. The molecule has 0 saturated heterocycles. The van der Waals surface area contributed by atoms with E-state index in [0.29, 0.717) is 17.5 Å². The number of alkyl halides is 3. The van der Waals surface area contributed by atoms with E-state index in [1.54, 1.807) is 6.92 Å². The Morgan fingerprint density at radius 3 is 2.48 bits per heavy atom. The maximum atomic E-state index is 12.4. The van der Waals surface area contributed by atoms with E-state index in [2.05, 4.69) is 24.1 Å². The third-order valence-corrected chi connectivity index (χ3v) is 3.80. The van der Waals surface area contributed by atoms with Crippen LogP contribution in [0.2, 0.25) is 0 Å². The number of nitrogens with zero attached hydrogens (tertiary/aromatic N) is 1. The van der Waals surface area contributed by atoms with Crippen LogP contribution in [0.3, 0.4) is 0 Å². The summed E-state index contributed by atoms with van der Waals surface area (Å²) in [6, 6.07) is 2.25. The SMILES string of the molecule is CC(C)CCNC(=O)C(C)Sc1ccc(C(F)(F)F)cn1. The van der Waals surface area contributed by atoms with Crippen molar-refractivity contribution in [1.82, 2.24) is 10.3 Å². The first-order valence-corrected chi connectivity index (χ1v) is 7.55. The van der Waals surface area contributed by atoms with Crippen molar-refractivity contribution in [3.05, 3.63) is 23.9 Å². The molecule has 1 aromatic heterocycles. The number of carbonyl (C=O) groups excluding carboxylic acids is 1. The average molecular weight is 320 g/mol. The van der Waals surface area contributed by atoms with Crippen molar-refractivity contribution < 1.29 is 18.0 Å². The third-order valence-electron chi connectivity index (χ3n) is 2.75. The minimum atomic E-state index is -4.39. The number of amides is 1. The molecule has 0 saturated carbocycles. The average Bonchev–Trinajstić information content (AvgIpc) is 2.37. The summed E-state index contributed by atoms with van der Waals surface area (Å²) in [7, 11) is 0. The van der Waals surface area contributed by atoms with Crippen molar-refractivity contribution in [2.75, 3.05) is 6.54 Å². The Labute approximate surface area is 126 Å². The summed E-state index contributed by atoms with van der Waals surface area (Å²) in [5.41, 5.74) is -0.791. The van der Waals surface area contributed by atoms with E-state index in [0.717, 1.165) is 30.4 Å². The summed E-state index contributed by atoms with van der Waals surface area (Å²) in [5.74, 6) is 0.368. The van der Waals surface area contributed by atoms with Crippen LogP contribution in [0.1, 0.15) is 32.8 Å². The number of aromatic nitrogens is 1. The second-order valence-electron chi connectivity index (χ2n) is 5.12. The minimum absolute atomic E-state index is 0.137. The molecular formula is C14H19F3N2OS. The van der Waals surface area contributed by atoms with E-state index < -0.39 is 17.0 Å². The maximum Gasteiger partial charge on any atom is 0.417 e. The van der Waals surface area contributed by atoms with Gasteiger partial charge in [0.1, 0.15) is 0 Å². The highest BCUT2D eigenvalue weighted by Gasteiger charge is 2.30. The number of carbonyl (C=O) groups is 1. The molecule has 1 aromatic rings. The van der Waals surface area contributed by atoms with Crippen molar-refractivity contribution in [1.29, 1.82) is 0 Å². The van der Waals surface area contributed by atoms with Gasteiger partial charge >= 0.3 is 6.18 Å². The largest absolute Gasteiger partial charge is 0.417 e. The molecule has 0 spiro atoms. The lowest BCUT2D eigenvalue weighted by atomic mass is 10.1. The molecule has 0 aromatic carbocycles. The highest BCUT2D eigenvalue weighted by atomic mass is 32.2. The van der Waals surface area contributed by atoms with E-state index in [1.165, 1.54) is 6.07 Å². The van der Waals surface area contributed by atoms with Crippen LogP contribution in [0.25, 0.3) is 0 Å². The number of pyridine rings is 1. The standard InChI is InChI=1S/C14H19F3N2OS/c1-9(2)6-7-18-13(20)10(3)21-12-5-4-11(8-19-12)14(15,16)17/h4-5,8-10H,6-7H2,1-3H3,(H,18,20). The van der Waals surface area contributed by atoms with Crippen LogP contribution < -0.4 is 5.32 Å². The first-order valence-electron chi connectivity index (χ1n) is 6.67. The lowest BCUT2D eigenvalue weighted by Crippen LogP contribution is -2.32. The quantitative estimate of drug-likeness (QED) is 0.812. The van der Waals surface area contributed by atoms with Gasteiger partial charge in [-0.05, 0) is 31.4 Å². The number of nitrogens with one attached hydrogen (secondary N) is 1. The van der Waals surface area contributed by atoms with E-state index in [1.807, 2.05) is 0 Å². The van der Waals surface area contributed by atoms with Gasteiger partial charge in [0.15, 0.2) is 0 Å². The van der Waals surface area contributed by atoms with E-state index in [9.17, 15) is 18.0 Å². The third kappa shape index (κ3) is 6.37. The van der Waals surface area contributed by atoms with Crippen LogP contribution in [0.5, 0.6) is 0 Å². The second kappa shape index (κ2) is 7.68. The molecular weight excluding hydrogens is 301 g/mol. The van der Waals surface area contributed by atoms with Crippen LogP contribution in [0.4, 0.5) is 13.2 Å². The molecule has 1 rings (SSSR count). The molecule has 1 unspecified atom stereocenters. The molecule has 0 aliphatic carbocycles. The van der Waals surface area contributed by atoms with Gasteiger partial charge in [0.05, 0.1) is 15.8 Å². The Balaban J connectivity index is 2.50. The predicted molar refractivity (Wildman–Crippen MR) is 77.0 cm³/mol. The van der Waals surface area contributed by atoms with Crippen LogP contribution in [-0.2, 0) is 11.0 Å². The Kier molecular flexibility index (Phi) is 6.51. The van der Waals surface area contributed by atoms with E-state index in [4.69, 9.17) is 0 Å². The lowest BCUT2D eigenvalue weighted by molar-refractivity contribution is -0.137. The molecule has 0 aliphatic heterocycles. The van der Waals surface area contributed by atoms with Gasteiger partial charge in [-0.1, -0.05) is 25.6 Å². The minimum Gasteiger partial charge on any atom is -0.355 e. The van der Waals surface area contributed by atoms with E-state index >= 15 is 0 Å². The molecule has 0 fully saturated rings. The lowest BCUT2D eigenvalue weighted by Gasteiger charge is -2.13. The molecule has 7 heteroatoms. The second-order valence-corrected chi connectivity index (χ2v) is 6.48. The molecule has 1 N–H and O–H groups in total. The van der Waals surface area contributed by atoms with Crippen molar-refractivity contribution in [2.24, 2.45) is 5.92 Å². The number of hydrogen-bond donors (Lipinski definition) is 1. The molecule has 1 heterocycles. The zero-order valence-corrected chi connectivity index (χ0v) is 13.0. The van der Waals surface area contributed by atoms with E-state index in [-0.39, 0.29) is 5.91 Å². The molecule has 1 amide bonds. The first kappa shape index (κ1) is 17.8. The fourth-order valence-corrected chi connectivity index (χ4v) is 2.29. The normalized spacial score (nSPS) is 13.3. The summed E-state index contributed by atoms with van der Waals surface area (Å²) >= 11 is 1.14. The number of rotatable bonds is 6. The summed E-state index contributed by atoms with van der Waals surface area (Å²) in [5, 5.41) is 2.80. The van der Waals surface area contributed by atoms with Gasteiger partial charge in [-0.25, -0.2) is 4.98 Å². The maximum absolute atomic E-state index is 12.4. The highest BCUT2D eigenvalue weighted by molar-refractivity contribution is 8.00. The predicted octanol–water partition coefficient (Wildman–Crippen LogP) is 3.74. The van der Waals surface area contributed by atoms with Gasteiger partial charge in [0.2, 0.25) is 5.91 Å². The molecule has 1 atom stereocenters. The van der Waals surface area contributed by atoms with Crippen LogP contribution in [0, 0.1) is 5.92 Å². The van der Waals surface area contributed by atoms with Gasteiger partial charge in [0.25, 0.3) is 0 Å². The molecule has 118 valence electrons. The molecule has 0 bridgehead atoms. The van der Waals surface area contributed by atoms with Crippen LogP contribution >= 0.6 is 11.8 Å². The topological polar surface area (TPSA) is 42.0 Å². The Morgan fingerprint density at radius 1 is 1.33 bits per heavy atom. The Bertz CT molecular complexity index is 460. The smallest absolute Gasteiger partial charge is 0.355 e. The van der Waals surface area contributed by atoms with Crippen LogP contribution in [0.15, 0.2) is 23.4 Å². The van der Waals surface area contributed by atoms with Gasteiger partial charge < -0.3 is 5.32 Å². The van der Waals surface area contributed by atoms with Crippen molar-refractivity contribution in [2.45, 2.75) is 43.6 Å². The molecule has 0 aliphatic rings. The van der Waals surface area contributed by atoms with Gasteiger partial charge in [-0.15, -0.1) is 0 Å². The van der Waals surface area contributed by atoms with Crippen molar-refractivity contribution in [3.63, 3.8) is 0 Å². The summed E-state index contributed by atoms with van der Waals surface area (Å²) in [6.45, 7) is 6.43. The number of thioether (sulfide) groups is 1. The summed E-state index contributed by atoms with van der Waals surface area (Å²) < 4.78 is 37.2. The summed E-state index contributed by atoms with van der Waals surface area (Å²) in [6.07, 6.45) is -2.72. The first-order chi connectivity index (χ1) is 9.70. The molecule has 0 radical (unpaired) electrons. The number of hydrogen-bond acceptors (Lipinski definition) is 3. The van der Waals surface area contributed by atoms with Crippen LogP contribution in [-0.4, -0.2) is 22.7 Å². The Hall–Kier alpha value is -1.24. The fraction of sp³-hybridized carbons (Fsp3) is 0.571. The van der Waals surface area contributed by atoms with Gasteiger partial charge in [-0.3, -0.25) is 4.79 Å². The van der Waals surface area contributed by atoms with Crippen molar-refractivity contribution in [3.8, 4) is 0 Å². The fourth-order valence-electron chi connectivity index (χ4n) is 1.48. The van der Waals surface area contributed by atoms with Gasteiger partial charge in [-0.2, -0.15) is 13.2 Å². The number of halogens is 3. The zero-order chi connectivity index (χ0) is 16.0. The monoisotopic (exact) mass is 320 g/mol. The highest BCUT2D eigenvalue weighted by Crippen LogP contribution is 2.30. The van der Waals surface area contributed by atoms with Gasteiger partial charge in [0, 0.05) is 12.7 Å².